The molecule has 0 radical (unpaired) electrons. The van der Waals surface area contributed by atoms with Crippen LogP contribution in [0.2, 0.25) is 0 Å². The lowest BCUT2D eigenvalue weighted by molar-refractivity contribution is 0.557. The van der Waals surface area contributed by atoms with E-state index < -0.39 is 0 Å². The highest BCUT2D eigenvalue weighted by Crippen LogP contribution is 2.45. The zero-order valence-electron chi connectivity index (χ0n) is 13.2. The molecule has 2 aliphatic heterocycles. The molecule has 2 rings (SSSR count). The van der Waals surface area contributed by atoms with Crippen LogP contribution < -0.4 is 0 Å². The summed E-state index contributed by atoms with van der Waals surface area (Å²) in [5.74, 6) is 3.70. The molecule has 0 bridgehead atoms. The van der Waals surface area contributed by atoms with Gasteiger partial charge in [-0.25, -0.2) is 0 Å². The molecule has 0 aromatic rings. The fourth-order valence-electron chi connectivity index (χ4n) is 3.23. The summed E-state index contributed by atoms with van der Waals surface area (Å²) in [5.41, 5.74) is 0. The number of rotatable bonds is 11. The van der Waals surface area contributed by atoms with Gasteiger partial charge in [-0.1, -0.05) is 70.8 Å². The predicted molar refractivity (Wildman–Crippen MR) is 96.7 cm³/mol. The fraction of sp³-hybridized carbons (Fsp3) is 0.889. The van der Waals surface area contributed by atoms with Crippen molar-refractivity contribution in [3.8, 4) is 0 Å². The molecule has 0 nitrogen and oxygen atoms in total. The van der Waals surface area contributed by atoms with Gasteiger partial charge >= 0.3 is 0 Å². The first-order valence-electron chi connectivity index (χ1n) is 8.85. The van der Waals surface area contributed by atoms with Gasteiger partial charge in [0, 0.05) is 16.8 Å². The third-order valence-corrected chi connectivity index (χ3v) is 7.44. The number of thioether (sulfide) groups is 2. The van der Waals surface area contributed by atoms with Crippen molar-refractivity contribution >= 4 is 23.5 Å². The average molecular weight is 313 g/mol. The van der Waals surface area contributed by atoms with Crippen molar-refractivity contribution in [2.45, 2.75) is 82.8 Å². The second kappa shape index (κ2) is 10.2. The third-order valence-electron chi connectivity index (χ3n) is 4.55. The molecule has 0 N–H and O–H groups in total. The standard InChI is InChI=1S/C18H32S2/c1-2-3-4-5-6-7-8-9-10-11-12-17-13-16-14-19-15-18(16)20-17/h13,16,18H,2-12,14-15H2,1H3. The summed E-state index contributed by atoms with van der Waals surface area (Å²) >= 11 is 4.35. The molecule has 2 aliphatic rings. The van der Waals surface area contributed by atoms with E-state index in [-0.39, 0.29) is 0 Å². The highest BCUT2D eigenvalue weighted by Gasteiger charge is 2.32. The van der Waals surface area contributed by atoms with Crippen molar-refractivity contribution in [1.29, 1.82) is 0 Å². The zero-order valence-corrected chi connectivity index (χ0v) is 14.9. The monoisotopic (exact) mass is 312 g/mol. The SMILES string of the molecule is CCCCCCCCCCCCC1=CC2CSCC2S1. The predicted octanol–water partition coefficient (Wildman–Crippen LogP) is 6.66. The van der Waals surface area contributed by atoms with Crippen molar-refractivity contribution in [2.75, 3.05) is 11.5 Å². The van der Waals surface area contributed by atoms with Crippen LogP contribution in [0.15, 0.2) is 11.0 Å². The minimum Gasteiger partial charge on any atom is -0.160 e. The Balaban J connectivity index is 1.37. The minimum absolute atomic E-state index is 0.920. The molecule has 2 heteroatoms. The van der Waals surface area contributed by atoms with Crippen LogP contribution in [0.1, 0.15) is 77.6 Å². The van der Waals surface area contributed by atoms with Gasteiger partial charge in [0.1, 0.15) is 0 Å². The highest BCUT2D eigenvalue weighted by atomic mass is 32.2. The maximum Gasteiger partial charge on any atom is 0.0253 e. The van der Waals surface area contributed by atoms with E-state index in [0.29, 0.717) is 0 Å². The molecular formula is C18H32S2. The molecule has 0 aliphatic carbocycles. The normalized spacial score (nSPS) is 24.9. The first-order valence-corrected chi connectivity index (χ1v) is 10.9. The Bertz CT molecular complexity index is 285. The van der Waals surface area contributed by atoms with E-state index in [0.717, 1.165) is 11.2 Å². The van der Waals surface area contributed by atoms with E-state index in [2.05, 4.69) is 36.5 Å². The van der Waals surface area contributed by atoms with E-state index in [1.54, 1.807) is 4.91 Å². The quantitative estimate of drug-likeness (QED) is 0.391. The number of allylic oxidation sites excluding steroid dienone is 2. The molecule has 1 fully saturated rings. The largest absolute Gasteiger partial charge is 0.160 e. The van der Waals surface area contributed by atoms with Crippen molar-refractivity contribution in [3.63, 3.8) is 0 Å². The minimum atomic E-state index is 0.920. The molecule has 0 aromatic heterocycles. The van der Waals surface area contributed by atoms with Gasteiger partial charge in [0.25, 0.3) is 0 Å². The van der Waals surface area contributed by atoms with E-state index in [9.17, 15) is 0 Å². The molecule has 2 unspecified atom stereocenters. The fourth-order valence-corrected chi connectivity index (χ4v) is 6.38. The lowest BCUT2D eigenvalue weighted by Crippen LogP contribution is -2.06. The summed E-state index contributed by atoms with van der Waals surface area (Å²) < 4.78 is 0. The second-order valence-corrected chi connectivity index (χ2v) is 8.86. The lowest BCUT2D eigenvalue weighted by atomic mass is 10.0. The molecular weight excluding hydrogens is 280 g/mol. The summed E-state index contributed by atoms with van der Waals surface area (Å²) in [6.07, 6.45) is 18.5. The topological polar surface area (TPSA) is 0 Å². The molecule has 20 heavy (non-hydrogen) atoms. The summed E-state index contributed by atoms with van der Waals surface area (Å²) in [6.45, 7) is 2.30. The Hall–Kier alpha value is 0.440. The van der Waals surface area contributed by atoms with Crippen molar-refractivity contribution in [2.24, 2.45) is 5.92 Å². The van der Waals surface area contributed by atoms with Gasteiger partial charge in [-0.3, -0.25) is 0 Å². The van der Waals surface area contributed by atoms with E-state index in [4.69, 9.17) is 0 Å². The Morgan fingerprint density at radius 2 is 1.55 bits per heavy atom. The van der Waals surface area contributed by atoms with Crippen LogP contribution in [0.5, 0.6) is 0 Å². The zero-order chi connectivity index (χ0) is 14.0. The third kappa shape index (κ3) is 6.05. The lowest BCUT2D eigenvalue weighted by Gasteiger charge is -2.06. The van der Waals surface area contributed by atoms with Gasteiger partial charge in [0.05, 0.1) is 0 Å². The van der Waals surface area contributed by atoms with Crippen LogP contribution in [0, 0.1) is 5.92 Å². The molecule has 0 spiro atoms. The molecule has 0 saturated carbocycles. The number of unbranched alkanes of at least 4 members (excludes halogenated alkanes) is 9. The molecule has 0 amide bonds. The number of hydrogen-bond acceptors (Lipinski definition) is 2. The summed E-state index contributed by atoms with van der Waals surface area (Å²) in [4.78, 5) is 1.72. The van der Waals surface area contributed by atoms with Crippen LogP contribution in [0.4, 0.5) is 0 Å². The van der Waals surface area contributed by atoms with E-state index in [1.165, 1.54) is 82.1 Å². The molecule has 0 aromatic carbocycles. The maximum absolute atomic E-state index is 2.60. The second-order valence-electron chi connectivity index (χ2n) is 6.42. The average Bonchev–Trinajstić information content (AvgIpc) is 3.02. The maximum atomic E-state index is 2.60. The number of fused-ring (bicyclic) bond motifs is 1. The Labute approximate surface area is 134 Å². The first kappa shape index (κ1) is 16.8. The van der Waals surface area contributed by atoms with E-state index in [1.807, 2.05) is 0 Å². The Morgan fingerprint density at radius 1 is 0.900 bits per heavy atom. The molecule has 116 valence electrons. The van der Waals surface area contributed by atoms with Crippen LogP contribution in [-0.4, -0.2) is 16.8 Å². The molecule has 2 atom stereocenters. The highest BCUT2D eigenvalue weighted by molar-refractivity contribution is 8.06. The van der Waals surface area contributed by atoms with Crippen molar-refractivity contribution in [1.82, 2.24) is 0 Å². The van der Waals surface area contributed by atoms with Gasteiger partial charge in [-0.15, -0.1) is 11.8 Å². The van der Waals surface area contributed by atoms with Gasteiger partial charge in [0.2, 0.25) is 0 Å². The van der Waals surface area contributed by atoms with Crippen LogP contribution in [0.25, 0.3) is 0 Å². The van der Waals surface area contributed by atoms with Crippen LogP contribution in [-0.2, 0) is 0 Å². The van der Waals surface area contributed by atoms with Crippen molar-refractivity contribution < 1.29 is 0 Å². The smallest absolute Gasteiger partial charge is 0.0253 e. The number of hydrogen-bond donors (Lipinski definition) is 0. The summed E-state index contributed by atoms with van der Waals surface area (Å²) in [5, 5.41) is 0.943. The van der Waals surface area contributed by atoms with Gasteiger partial charge in [0.15, 0.2) is 0 Å². The van der Waals surface area contributed by atoms with Crippen LogP contribution >= 0.6 is 23.5 Å². The van der Waals surface area contributed by atoms with Crippen molar-refractivity contribution in [3.05, 3.63) is 11.0 Å². The summed E-state index contributed by atoms with van der Waals surface area (Å²) in [6, 6.07) is 0. The van der Waals surface area contributed by atoms with Gasteiger partial charge in [-0.05, 0) is 23.7 Å². The molecule has 2 heterocycles. The summed E-state index contributed by atoms with van der Waals surface area (Å²) in [7, 11) is 0. The van der Waals surface area contributed by atoms with Crippen LogP contribution in [0.3, 0.4) is 0 Å². The molecule has 1 saturated heterocycles. The van der Waals surface area contributed by atoms with E-state index >= 15 is 0 Å². The Morgan fingerprint density at radius 3 is 2.20 bits per heavy atom. The first-order chi connectivity index (χ1) is 9.90. The van der Waals surface area contributed by atoms with Gasteiger partial charge < -0.3 is 0 Å². The van der Waals surface area contributed by atoms with Gasteiger partial charge in [-0.2, -0.15) is 11.8 Å². The Kier molecular flexibility index (Phi) is 8.58.